The first-order valence-corrected chi connectivity index (χ1v) is 6.01. The molecule has 1 aromatic carbocycles. The Bertz CT molecular complexity index is 385. The van der Waals surface area contributed by atoms with Crippen LogP contribution in [0.25, 0.3) is 0 Å². The monoisotopic (exact) mass is 266 g/mol. The van der Waals surface area contributed by atoms with Gasteiger partial charge in [0.15, 0.2) is 0 Å². The molecule has 104 valence electrons. The molecule has 0 aromatic heterocycles. The average molecular weight is 266 g/mol. The van der Waals surface area contributed by atoms with Crippen LogP contribution >= 0.6 is 0 Å². The lowest BCUT2D eigenvalue weighted by atomic mass is 10.2. The van der Waals surface area contributed by atoms with E-state index >= 15 is 0 Å². The van der Waals surface area contributed by atoms with Gasteiger partial charge in [0, 0.05) is 6.42 Å². The number of carbonyl (C=O) groups excluding carboxylic acids is 1. The smallest absolute Gasteiger partial charge is 0.306 e. The summed E-state index contributed by atoms with van der Waals surface area (Å²) in [5.41, 5.74) is 0.850. The Morgan fingerprint density at radius 1 is 1.32 bits per heavy atom. The van der Waals surface area contributed by atoms with Crippen molar-refractivity contribution in [1.29, 1.82) is 0 Å². The van der Waals surface area contributed by atoms with E-state index in [0.717, 1.165) is 5.56 Å². The quantitative estimate of drug-likeness (QED) is 0.245. The Morgan fingerprint density at radius 3 is 2.68 bits per heavy atom. The van der Waals surface area contributed by atoms with Crippen molar-refractivity contribution in [1.82, 2.24) is 0 Å². The van der Waals surface area contributed by atoms with Gasteiger partial charge in [-0.1, -0.05) is 24.8 Å². The minimum absolute atomic E-state index is 0.148. The SMILES string of the molecule is C=CCOC(=O)CCCOc1ccc(COO)cc1. The largest absolute Gasteiger partial charge is 0.494 e. The van der Waals surface area contributed by atoms with Gasteiger partial charge >= 0.3 is 5.97 Å². The fourth-order valence-corrected chi connectivity index (χ4v) is 1.39. The maximum atomic E-state index is 11.2. The second-order valence-corrected chi connectivity index (χ2v) is 3.84. The van der Waals surface area contributed by atoms with Gasteiger partial charge in [-0.3, -0.25) is 10.1 Å². The van der Waals surface area contributed by atoms with Gasteiger partial charge in [-0.2, -0.15) is 0 Å². The number of ether oxygens (including phenoxy) is 2. The zero-order valence-corrected chi connectivity index (χ0v) is 10.7. The number of hydrogen-bond donors (Lipinski definition) is 1. The molecule has 0 aliphatic heterocycles. The van der Waals surface area contributed by atoms with Crippen LogP contribution in [0.3, 0.4) is 0 Å². The molecule has 0 amide bonds. The van der Waals surface area contributed by atoms with E-state index < -0.39 is 0 Å². The molecule has 0 bridgehead atoms. The summed E-state index contributed by atoms with van der Waals surface area (Å²) in [6, 6.07) is 7.16. The summed E-state index contributed by atoms with van der Waals surface area (Å²) in [6.45, 7) is 4.30. The molecule has 0 aliphatic rings. The van der Waals surface area contributed by atoms with Gasteiger partial charge < -0.3 is 9.47 Å². The molecule has 1 rings (SSSR count). The van der Waals surface area contributed by atoms with Crippen LogP contribution < -0.4 is 4.74 Å². The molecule has 1 aromatic rings. The van der Waals surface area contributed by atoms with Crippen LogP contribution in [0, 0.1) is 0 Å². The molecule has 0 radical (unpaired) electrons. The standard InChI is InChI=1S/C14H18O5/c1-2-9-18-14(15)4-3-10-17-13-7-5-12(6-8-13)11-19-16/h2,5-8,16H,1,3-4,9-11H2. The minimum atomic E-state index is -0.251. The van der Waals surface area contributed by atoms with E-state index in [1.807, 2.05) is 0 Å². The second kappa shape index (κ2) is 9.13. The van der Waals surface area contributed by atoms with Crippen molar-refractivity contribution in [2.75, 3.05) is 13.2 Å². The lowest BCUT2D eigenvalue weighted by molar-refractivity contribution is -0.253. The van der Waals surface area contributed by atoms with Crippen LogP contribution in [0.4, 0.5) is 0 Å². The van der Waals surface area contributed by atoms with E-state index in [4.69, 9.17) is 14.7 Å². The summed E-state index contributed by atoms with van der Waals surface area (Å²) in [5.74, 6) is 0.458. The van der Waals surface area contributed by atoms with Crippen LogP contribution in [-0.4, -0.2) is 24.4 Å². The number of esters is 1. The van der Waals surface area contributed by atoms with E-state index in [9.17, 15) is 4.79 Å². The summed E-state index contributed by atoms with van der Waals surface area (Å²) in [4.78, 5) is 15.2. The maximum Gasteiger partial charge on any atom is 0.306 e. The topological polar surface area (TPSA) is 65.0 Å². The van der Waals surface area contributed by atoms with E-state index in [1.165, 1.54) is 6.08 Å². The van der Waals surface area contributed by atoms with E-state index in [2.05, 4.69) is 11.5 Å². The Morgan fingerprint density at radius 2 is 2.05 bits per heavy atom. The van der Waals surface area contributed by atoms with E-state index in [-0.39, 0.29) is 19.2 Å². The third-order valence-corrected chi connectivity index (χ3v) is 2.31. The van der Waals surface area contributed by atoms with Crippen molar-refractivity contribution in [3.63, 3.8) is 0 Å². The molecule has 0 atom stereocenters. The van der Waals surface area contributed by atoms with Gasteiger partial charge in [-0.05, 0) is 24.1 Å². The average Bonchev–Trinajstić information content (AvgIpc) is 2.43. The molecule has 0 saturated heterocycles. The van der Waals surface area contributed by atoms with Gasteiger partial charge in [0.05, 0.1) is 6.61 Å². The van der Waals surface area contributed by atoms with Gasteiger partial charge in [0.2, 0.25) is 0 Å². The summed E-state index contributed by atoms with van der Waals surface area (Å²) < 4.78 is 10.3. The van der Waals surface area contributed by atoms with E-state index in [1.54, 1.807) is 24.3 Å². The zero-order chi connectivity index (χ0) is 13.9. The Kier molecular flexibility index (Phi) is 7.31. The summed E-state index contributed by atoms with van der Waals surface area (Å²) >= 11 is 0. The number of benzene rings is 1. The zero-order valence-electron chi connectivity index (χ0n) is 10.7. The van der Waals surface area contributed by atoms with Crippen molar-refractivity contribution in [2.45, 2.75) is 19.4 Å². The molecule has 1 N–H and O–H groups in total. The molecule has 0 fully saturated rings. The third-order valence-electron chi connectivity index (χ3n) is 2.31. The normalized spacial score (nSPS) is 9.95. The first kappa shape index (κ1) is 15.2. The fraction of sp³-hybridized carbons (Fsp3) is 0.357. The van der Waals surface area contributed by atoms with Crippen molar-refractivity contribution >= 4 is 5.97 Å². The molecule has 0 unspecified atom stereocenters. The van der Waals surface area contributed by atoms with Crippen molar-refractivity contribution in [3.05, 3.63) is 42.5 Å². The van der Waals surface area contributed by atoms with E-state index in [0.29, 0.717) is 25.2 Å². The summed E-state index contributed by atoms with van der Waals surface area (Å²) in [7, 11) is 0. The highest BCUT2D eigenvalue weighted by Gasteiger charge is 2.02. The number of rotatable bonds is 9. The predicted octanol–water partition coefficient (Wildman–Crippen LogP) is 2.56. The maximum absolute atomic E-state index is 11.2. The number of carbonyl (C=O) groups is 1. The minimum Gasteiger partial charge on any atom is -0.494 e. The highest BCUT2D eigenvalue weighted by Crippen LogP contribution is 2.13. The molecule has 0 spiro atoms. The Balaban J connectivity index is 2.18. The van der Waals surface area contributed by atoms with Crippen LogP contribution in [0.15, 0.2) is 36.9 Å². The molecule has 0 aliphatic carbocycles. The van der Waals surface area contributed by atoms with Crippen molar-refractivity contribution in [3.8, 4) is 5.75 Å². The molecule has 0 saturated carbocycles. The number of hydrogen-bond acceptors (Lipinski definition) is 5. The summed E-state index contributed by atoms with van der Waals surface area (Å²) in [5, 5.41) is 8.29. The lowest BCUT2D eigenvalue weighted by Crippen LogP contribution is -2.07. The van der Waals surface area contributed by atoms with Gasteiger partial charge in [0.25, 0.3) is 0 Å². The van der Waals surface area contributed by atoms with Gasteiger partial charge in [-0.15, -0.1) is 0 Å². The first-order chi connectivity index (χ1) is 9.26. The predicted molar refractivity (Wildman–Crippen MR) is 69.7 cm³/mol. The molecule has 5 heteroatoms. The Labute approximate surface area is 112 Å². The fourth-order valence-electron chi connectivity index (χ4n) is 1.39. The highest BCUT2D eigenvalue weighted by molar-refractivity contribution is 5.69. The Hall–Kier alpha value is -1.85. The summed E-state index contributed by atoms with van der Waals surface area (Å²) in [6.07, 6.45) is 2.45. The van der Waals surface area contributed by atoms with Crippen LogP contribution in [0.2, 0.25) is 0 Å². The van der Waals surface area contributed by atoms with Crippen molar-refractivity contribution in [2.24, 2.45) is 0 Å². The molecular weight excluding hydrogens is 248 g/mol. The molecular formula is C14H18O5. The van der Waals surface area contributed by atoms with Crippen LogP contribution in [-0.2, 0) is 21.0 Å². The molecule has 5 nitrogen and oxygen atoms in total. The van der Waals surface area contributed by atoms with Gasteiger partial charge in [0.1, 0.15) is 19.0 Å². The van der Waals surface area contributed by atoms with Gasteiger partial charge in [-0.25, -0.2) is 4.89 Å². The molecule has 19 heavy (non-hydrogen) atoms. The first-order valence-electron chi connectivity index (χ1n) is 6.01. The third kappa shape index (κ3) is 6.59. The second-order valence-electron chi connectivity index (χ2n) is 3.84. The van der Waals surface area contributed by atoms with Crippen molar-refractivity contribution < 1.29 is 24.4 Å². The molecule has 0 heterocycles. The van der Waals surface area contributed by atoms with Crippen LogP contribution in [0.1, 0.15) is 18.4 Å². The lowest BCUT2D eigenvalue weighted by Gasteiger charge is -2.06. The highest BCUT2D eigenvalue weighted by atomic mass is 17.1. The van der Waals surface area contributed by atoms with Crippen LogP contribution in [0.5, 0.6) is 5.75 Å².